The van der Waals surface area contributed by atoms with E-state index in [1.807, 2.05) is 27.7 Å². The summed E-state index contributed by atoms with van der Waals surface area (Å²) >= 11 is 0. The molecular weight excluding hydrogens is 268 g/mol. The molecule has 112 valence electrons. The van der Waals surface area contributed by atoms with Gasteiger partial charge in [0.2, 0.25) is 0 Å². The minimum Gasteiger partial charge on any atom is -0.309 e. The Morgan fingerprint density at radius 3 is 2.05 bits per heavy atom. The fraction of sp³-hybridized carbons (Fsp3) is 0.333. The number of hydrogen-bond acceptors (Lipinski definition) is 1. The first kappa shape index (κ1) is 15.6. The number of nitrogens with one attached hydrogen (secondary N) is 1. The molecule has 0 spiro atoms. The average Bonchev–Trinajstić information content (AvgIpc) is 2.45. The van der Waals surface area contributed by atoms with Gasteiger partial charge in [-0.15, -0.1) is 0 Å². The van der Waals surface area contributed by atoms with Gasteiger partial charge < -0.3 is 5.32 Å². The zero-order valence-corrected chi connectivity index (χ0v) is 13.1. The van der Waals surface area contributed by atoms with Crippen LogP contribution < -0.4 is 5.32 Å². The van der Waals surface area contributed by atoms with E-state index in [9.17, 15) is 8.78 Å². The third-order valence-electron chi connectivity index (χ3n) is 4.29. The summed E-state index contributed by atoms with van der Waals surface area (Å²) in [6, 6.07) is 6.09. The normalized spacial score (nSPS) is 12.5. The Labute approximate surface area is 125 Å². The third kappa shape index (κ3) is 2.70. The largest absolute Gasteiger partial charge is 0.309 e. The molecule has 3 heteroatoms. The molecule has 1 unspecified atom stereocenters. The topological polar surface area (TPSA) is 12.0 Å². The molecular formula is C18H21F2N. The fourth-order valence-corrected chi connectivity index (χ4v) is 2.88. The molecule has 2 aromatic carbocycles. The molecule has 0 saturated carbocycles. The van der Waals surface area contributed by atoms with Gasteiger partial charge in [-0.25, -0.2) is 8.78 Å². The molecule has 1 N–H and O–H groups in total. The van der Waals surface area contributed by atoms with E-state index in [0.29, 0.717) is 5.56 Å². The summed E-state index contributed by atoms with van der Waals surface area (Å²) < 4.78 is 27.7. The second-order valence-corrected chi connectivity index (χ2v) is 5.54. The van der Waals surface area contributed by atoms with Gasteiger partial charge in [-0.2, -0.15) is 0 Å². The molecule has 0 radical (unpaired) electrons. The highest BCUT2D eigenvalue weighted by atomic mass is 19.2. The monoisotopic (exact) mass is 289 g/mol. The molecule has 2 aromatic rings. The van der Waals surface area contributed by atoms with Gasteiger partial charge in [-0.3, -0.25) is 0 Å². The predicted octanol–water partition coefficient (Wildman–Crippen LogP) is 4.51. The van der Waals surface area contributed by atoms with Crippen molar-refractivity contribution < 1.29 is 8.78 Å². The lowest BCUT2D eigenvalue weighted by Crippen LogP contribution is -2.22. The molecule has 0 saturated heterocycles. The van der Waals surface area contributed by atoms with Crippen LogP contribution in [0, 0.1) is 39.3 Å². The highest BCUT2D eigenvalue weighted by Gasteiger charge is 2.23. The van der Waals surface area contributed by atoms with E-state index < -0.39 is 11.6 Å². The van der Waals surface area contributed by atoms with E-state index >= 15 is 0 Å². The highest BCUT2D eigenvalue weighted by molar-refractivity contribution is 5.49. The Balaban J connectivity index is 2.71. The van der Waals surface area contributed by atoms with Crippen molar-refractivity contribution in [3.63, 3.8) is 0 Å². The lowest BCUT2D eigenvalue weighted by molar-refractivity contribution is 0.486. The van der Waals surface area contributed by atoms with Crippen molar-refractivity contribution in [3.8, 4) is 0 Å². The number of rotatable bonds is 3. The van der Waals surface area contributed by atoms with Gasteiger partial charge in [0.1, 0.15) is 0 Å². The van der Waals surface area contributed by atoms with E-state index in [1.54, 1.807) is 19.2 Å². The SMILES string of the molecule is CNC(c1cccc(F)c1F)c1c(C)c(C)cc(C)c1C. The lowest BCUT2D eigenvalue weighted by Gasteiger charge is -2.24. The van der Waals surface area contributed by atoms with Crippen molar-refractivity contribution in [2.75, 3.05) is 7.05 Å². The average molecular weight is 289 g/mol. The Morgan fingerprint density at radius 1 is 0.952 bits per heavy atom. The molecule has 21 heavy (non-hydrogen) atoms. The number of aryl methyl sites for hydroxylation is 2. The van der Waals surface area contributed by atoms with Crippen LogP contribution in [-0.4, -0.2) is 7.05 Å². The first-order valence-electron chi connectivity index (χ1n) is 7.07. The van der Waals surface area contributed by atoms with Gasteiger partial charge in [0.05, 0.1) is 6.04 Å². The second-order valence-electron chi connectivity index (χ2n) is 5.54. The van der Waals surface area contributed by atoms with Crippen LogP contribution in [0.2, 0.25) is 0 Å². The second kappa shape index (κ2) is 5.94. The Hall–Kier alpha value is -1.74. The minimum absolute atomic E-state index is 0.341. The maximum Gasteiger partial charge on any atom is 0.163 e. The van der Waals surface area contributed by atoms with Crippen LogP contribution in [0.25, 0.3) is 0 Å². The number of benzene rings is 2. The van der Waals surface area contributed by atoms with Crippen LogP contribution in [0.15, 0.2) is 24.3 Å². The maximum atomic E-state index is 14.2. The molecule has 2 rings (SSSR count). The van der Waals surface area contributed by atoms with E-state index in [-0.39, 0.29) is 6.04 Å². The summed E-state index contributed by atoms with van der Waals surface area (Å²) in [6.45, 7) is 8.14. The lowest BCUT2D eigenvalue weighted by atomic mass is 9.86. The molecule has 0 heterocycles. The van der Waals surface area contributed by atoms with Crippen LogP contribution in [0.3, 0.4) is 0 Å². The minimum atomic E-state index is -0.813. The zero-order chi connectivity index (χ0) is 15.7. The summed E-state index contributed by atoms with van der Waals surface area (Å²) in [6.07, 6.45) is 0. The van der Waals surface area contributed by atoms with Gasteiger partial charge >= 0.3 is 0 Å². The summed E-state index contributed by atoms with van der Waals surface area (Å²) in [7, 11) is 1.77. The van der Waals surface area contributed by atoms with Gasteiger partial charge in [0.15, 0.2) is 11.6 Å². The quantitative estimate of drug-likeness (QED) is 0.876. The van der Waals surface area contributed by atoms with Crippen molar-refractivity contribution in [3.05, 3.63) is 69.3 Å². The highest BCUT2D eigenvalue weighted by Crippen LogP contribution is 2.32. The molecule has 0 aliphatic rings. The molecule has 1 atom stereocenters. The molecule has 0 fully saturated rings. The first-order chi connectivity index (χ1) is 9.88. The van der Waals surface area contributed by atoms with E-state index in [0.717, 1.165) is 33.9 Å². The molecule has 1 nitrogen and oxygen atoms in total. The molecule has 0 aromatic heterocycles. The molecule has 0 aliphatic carbocycles. The Morgan fingerprint density at radius 2 is 1.52 bits per heavy atom. The first-order valence-corrected chi connectivity index (χ1v) is 7.07. The van der Waals surface area contributed by atoms with E-state index in [2.05, 4.69) is 11.4 Å². The Bertz CT molecular complexity index is 651. The van der Waals surface area contributed by atoms with Crippen LogP contribution in [0.5, 0.6) is 0 Å². The van der Waals surface area contributed by atoms with E-state index in [1.165, 1.54) is 0 Å². The molecule has 0 aliphatic heterocycles. The number of halogens is 2. The summed E-state index contributed by atoms with van der Waals surface area (Å²) in [5.41, 5.74) is 5.91. The third-order valence-corrected chi connectivity index (χ3v) is 4.29. The van der Waals surface area contributed by atoms with Gasteiger partial charge in [-0.1, -0.05) is 18.2 Å². The van der Waals surface area contributed by atoms with Crippen LogP contribution in [0.1, 0.15) is 39.4 Å². The summed E-state index contributed by atoms with van der Waals surface area (Å²) in [4.78, 5) is 0. The van der Waals surface area contributed by atoms with Crippen molar-refractivity contribution in [1.82, 2.24) is 5.32 Å². The van der Waals surface area contributed by atoms with Gasteiger partial charge in [0, 0.05) is 5.56 Å². The van der Waals surface area contributed by atoms with E-state index in [4.69, 9.17) is 0 Å². The van der Waals surface area contributed by atoms with Crippen molar-refractivity contribution in [2.24, 2.45) is 0 Å². The zero-order valence-electron chi connectivity index (χ0n) is 13.1. The van der Waals surface area contributed by atoms with Crippen molar-refractivity contribution in [1.29, 1.82) is 0 Å². The van der Waals surface area contributed by atoms with Crippen molar-refractivity contribution >= 4 is 0 Å². The molecule has 0 bridgehead atoms. The summed E-state index contributed by atoms with van der Waals surface area (Å²) in [5.74, 6) is -1.60. The smallest absolute Gasteiger partial charge is 0.163 e. The predicted molar refractivity (Wildman–Crippen MR) is 82.7 cm³/mol. The number of hydrogen-bond donors (Lipinski definition) is 1. The van der Waals surface area contributed by atoms with Crippen molar-refractivity contribution in [2.45, 2.75) is 33.7 Å². The molecule has 0 amide bonds. The Kier molecular flexibility index (Phi) is 4.43. The van der Waals surface area contributed by atoms with Crippen LogP contribution in [-0.2, 0) is 0 Å². The fourth-order valence-electron chi connectivity index (χ4n) is 2.88. The van der Waals surface area contributed by atoms with Gasteiger partial charge in [0.25, 0.3) is 0 Å². The van der Waals surface area contributed by atoms with Crippen LogP contribution in [0.4, 0.5) is 8.78 Å². The standard InChI is InChI=1S/C18H21F2N/c1-10-9-11(2)13(4)16(12(10)3)18(21-5)14-7-6-8-15(19)17(14)20/h6-9,18,21H,1-5H3. The summed E-state index contributed by atoms with van der Waals surface area (Å²) in [5, 5.41) is 3.13. The van der Waals surface area contributed by atoms with Gasteiger partial charge in [-0.05, 0) is 68.6 Å². The van der Waals surface area contributed by atoms with Crippen LogP contribution >= 0.6 is 0 Å². The maximum absolute atomic E-state index is 14.2.